The average Bonchev–Trinajstić information content (AvgIpc) is 2.86. The van der Waals surface area contributed by atoms with Crippen molar-refractivity contribution in [3.05, 3.63) is 35.2 Å². The minimum absolute atomic E-state index is 0.0772. The van der Waals surface area contributed by atoms with Crippen molar-refractivity contribution in [1.29, 1.82) is 5.26 Å². The third-order valence-corrected chi connectivity index (χ3v) is 3.00. The first kappa shape index (κ1) is 12.6. The first-order valence-electron chi connectivity index (χ1n) is 5.68. The maximum atomic E-state index is 8.55. The molecule has 0 aliphatic rings. The van der Waals surface area contributed by atoms with Gasteiger partial charge in [0, 0.05) is 17.9 Å². The Kier molecular flexibility index (Phi) is 3.96. The van der Waals surface area contributed by atoms with Gasteiger partial charge in [-0.15, -0.1) is 0 Å². The lowest BCUT2D eigenvalue weighted by atomic mass is 10.1. The van der Waals surface area contributed by atoms with E-state index in [0.717, 1.165) is 5.56 Å². The maximum absolute atomic E-state index is 8.55. The van der Waals surface area contributed by atoms with Gasteiger partial charge in [0.1, 0.15) is 0 Å². The molecule has 0 saturated carbocycles. The summed E-state index contributed by atoms with van der Waals surface area (Å²) >= 11 is 6.07. The van der Waals surface area contributed by atoms with Gasteiger partial charge in [0.05, 0.1) is 11.1 Å². The standard InChI is InChI=1S/C13H12ClN3O/c1-9(5-4-8-15)13-16-12(17-18-13)10-6-2-3-7-11(10)14/h2-3,6-7,9H,4-5H2,1H3. The van der Waals surface area contributed by atoms with Gasteiger partial charge in [0.25, 0.3) is 0 Å². The topological polar surface area (TPSA) is 62.7 Å². The van der Waals surface area contributed by atoms with Crippen molar-refractivity contribution in [2.45, 2.75) is 25.7 Å². The lowest BCUT2D eigenvalue weighted by molar-refractivity contribution is 0.355. The maximum Gasteiger partial charge on any atom is 0.229 e. The van der Waals surface area contributed by atoms with Gasteiger partial charge < -0.3 is 4.52 Å². The highest BCUT2D eigenvalue weighted by Gasteiger charge is 2.16. The summed E-state index contributed by atoms with van der Waals surface area (Å²) in [5.74, 6) is 1.10. The average molecular weight is 262 g/mol. The van der Waals surface area contributed by atoms with Crippen LogP contribution in [0.15, 0.2) is 28.8 Å². The predicted octanol–water partition coefficient (Wildman–Crippen LogP) is 3.80. The molecule has 0 spiro atoms. The Balaban J connectivity index is 2.21. The fourth-order valence-electron chi connectivity index (χ4n) is 1.59. The van der Waals surface area contributed by atoms with E-state index >= 15 is 0 Å². The first-order chi connectivity index (χ1) is 8.72. The lowest BCUT2D eigenvalue weighted by Crippen LogP contribution is -1.93. The quantitative estimate of drug-likeness (QED) is 0.840. The van der Waals surface area contributed by atoms with Crippen molar-refractivity contribution in [2.24, 2.45) is 0 Å². The number of aromatic nitrogens is 2. The molecule has 1 unspecified atom stereocenters. The Hall–Kier alpha value is -1.86. The molecular weight excluding hydrogens is 250 g/mol. The fraction of sp³-hybridized carbons (Fsp3) is 0.308. The summed E-state index contributed by atoms with van der Waals surface area (Å²) in [5, 5.41) is 13.1. The van der Waals surface area contributed by atoms with Crippen LogP contribution in [0, 0.1) is 11.3 Å². The van der Waals surface area contributed by atoms with Gasteiger partial charge in [-0.25, -0.2) is 0 Å². The van der Waals surface area contributed by atoms with Gasteiger partial charge >= 0.3 is 0 Å². The van der Waals surface area contributed by atoms with Gasteiger partial charge in [0.2, 0.25) is 11.7 Å². The molecule has 0 saturated heterocycles. The summed E-state index contributed by atoms with van der Waals surface area (Å²) in [5.41, 5.74) is 0.752. The third-order valence-electron chi connectivity index (χ3n) is 2.67. The van der Waals surface area contributed by atoms with Crippen LogP contribution in [0.25, 0.3) is 11.4 Å². The molecule has 0 N–H and O–H groups in total. The van der Waals surface area contributed by atoms with Gasteiger partial charge in [-0.2, -0.15) is 10.2 Å². The fourth-order valence-corrected chi connectivity index (χ4v) is 1.81. The van der Waals surface area contributed by atoms with Crippen LogP contribution in [0.1, 0.15) is 31.6 Å². The SMILES string of the molecule is CC(CCC#N)c1nc(-c2ccccc2Cl)no1. The Morgan fingerprint density at radius 3 is 2.94 bits per heavy atom. The summed E-state index contributed by atoms with van der Waals surface area (Å²) in [7, 11) is 0. The van der Waals surface area contributed by atoms with E-state index in [2.05, 4.69) is 16.2 Å². The molecule has 0 radical (unpaired) electrons. The smallest absolute Gasteiger partial charge is 0.229 e. The number of hydrogen-bond donors (Lipinski definition) is 0. The van der Waals surface area contributed by atoms with Crippen molar-refractivity contribution in [3.63, 3.8) is 0 Å². The molecule has 18 heavy (non-hydrogen) atoms. The summed E-state index contributed by atoms with van der Waals surface area (Å²) < 4.78 is 5.20. The van der Waals surface area contributed by atoms with E-state index < -0.39 is 0 Å². The Bertz CT molecular complexity index is 574. The van der Waals surface area contributed by atoms with Crippen molar-refractivity contribution in [1.82, 2.24) is 10.1 Å². The van der Waals surface area contributed by atoms with Gasteiger partial charge in [-0.05, 0) is 18.6 Å². The number of benzene rings is 1. The summed E-state index contributed by atoms with van der Waals surface area (Å²) in [6, 6.07) is 9.45. The summed E-state index contributed by atoms with van der Waals surface area (Å²) in [6.07, 6.45) is 1.19. The Labute approximate surface area is 110 Å². The molecule has 1 aromatic carbocycles. The summed E-state index contributed by atoms with van der Waals surface area (Å²) in [4.78, 5) is 4.32. The molecule has 0 aliphatic carbocycles. The number of rotatable bonds is 4. The van der Waals surface area contributed by atoms with E-state index in [1.807, 2.05) is 25.1 Å². The first-order valence-corrected chi connectivity index (χ1v) is 6.05. The van der Waals surface area contributed by atoms with E-state index in [0.29, 0.717) is 29.6 Å². The van der Waals surface area contributed by atoms with Gasteiger partial charge in [-0.3, -0.25) is 0 Å². The second kappa shape index (κ2) is 5.65. The van der Waals surface area contributed by atoms with Crippen LogP contribution in [0.5, 0.6) is 0 Å². The third kappa shape index (κ3) is 2.69. The molecule has 0 bridgehead atoms. The summed E-state index contributed by atoms with van der Waals surface area (Å²) in [6.45, 7) is 1.96. The van der Waals surface area contributed by atoms with Crippen LogP contribution >= 0.6 is 11.6 Å². The van der Waals surface area contributed by atoms with E-state index in [1.165, 1.54) is 0 Å². The highest BCUT2D eigenvalue weighted by Crippen LogP contribution is 2.27. The minimum atomic E-state index is 0.0772. The Morgan fingerprint density at radius 2 is 2.22 bits per heavy atom. The molecule has 92 valence electrons. The lowest BCUT2D eigenvalue weighted by Gasteiger charge is -2.01. The Morgan fingerprint density at radius 1 is 1.44 bits per heavy atom. The molecule has 1 aromatic heterocycles. The highest BCUT2D eigenvalue weighted by atomic mass is 35.5. The van der Waals surface area contributed by atoms with Crippen molar-refractivity contribution in [2.75, 3.05) is 0 Å². The van der Waals surface area contributed by atoms with Crippen molar-refractivity contribution < 1.29 is 4.52 Å². The molecule has 0 amide bonds. The number of hydrogen-bond acceptors (Lipinski definition) is 4. The molecule has 2 rings (SSSR count). The minimum Gasteiger partial charge on any atom is -0.339 e. The predicted molar refractivity (Wildman–Crippen MR) is 68.0 cm³/mol. The van der Waals surface area contributed by atoms with Crippen LogP contribution in [0.3, 0.4) is 0 Å². The highest BCUT2D eigenvalue weighted by molar-refractivity contribution is 6.33. The normalized spacial score (nSPS) is 12.1. The number of nitriles is 1. The van der Waals surface area contributed by atoms with Crippen LogP contribution in [-0.2, 0) is 0 Å². The number of halogens is 1. The second-order valence-corrected chi connectivity index (χ2v) is 4.44. The molecular formula is C13H12ClN3O. The van der Waals surface area contributed by atoms with Crippen LogP contribution in [0.2, 0.25) is 5.02 Å². The molecule has 2 aromatic rings. The number of nitrogens with zero attached hydrogens (tertiary/aromatic N) is 3. The van der Waals surface area contributed by atoms with E-state index in [4.69, 9.17) is 21.4 Å². The molecule has 1 heterocycles. The van der Waals surface area contributed by atoms with E-state index in [9.17, 15) is 0 Å². The van der Waals surface area contributed by atoms with Gasteiger partial charge in [-0.1, -0.05) is 35.8 Å². The largest absolute Gasteiger partial charge is 0.339 e. The zero-order chi connectivity index (χ0) is 13.0. The van der Waals surface area contributed by atoms with Gasteiger partial charge in [0.15, 0.2) is 0 Å². The second-order valence-electron chi connectivity index (χ2n) is 4.03. The van der Waals surface area contributed by atoms with Crippen LogP contribution in [-0.4, -0.2) is 10.1 Å². The van der Waals surface area contributed by atoms with E-state index in [-0.39, 0.29) is 5.92 Å². The van der Waals surface area contributed by atoms with E-state index in [1.54, 1.807) is 6.07 Å². The molecule has 0 aliphatic heterocycles. The van der Waals surface area contributed by atoms with Crippen LogP contribution in [0.4, 0.5) is 0 Å². The van der Waals surface area contributed by atoms with Crippen molar-refractivity contribution in [3.8, 4) is 17.5 Å². The zero-order valence-corrected chi connectivity index (χ0v) is 10.7. The monoisotopic (exact) mass is 261 g/mol. The van der Waals surface area contributed by atoms with Crippen LogP contribution < -0.4 is 0 Å². The molecule has 0 fully saturated rings. The molecule has 1 atom stereocenters. The van der Waals surface area contributed by atoms with Crippen molar-refractivity contribution >= 4 is 11.6 Å². The molecule has 5 heteroatoms. The molecule has 4 nitrogen and oxygen atoms in total. The zero-order valence-electron chi connectivity index (χ0n) is 9.93.